The van der Waals surface area contributed by atoms with Gasteiger partial charge in [-0.1, -0.05) is 36.8 Å². The summed E-state index contributed by atoms with van der Waals surface area (Å²) >= 11 is 0. The van der Waals surface area contributed by atoms with Crippen molar-refractivity contribution in [1.82, 2.24) is 10.0 Å². The van der Waals surface area contributed by atoms with Crippen molar-refractivity contribution in [3.8, 4) is 22.6 Å². The summed E-state index contributed by atoms with van der Waals surface area (Å²) in [6.45, 7) is 1.39. The van der Waals surface area contributed by atoms with Crippen molar-refractivity contribution in [3.05, 3.63) is 77.9 Å². The van der Waals surface area contributed by atoms with E-state index in [4.69, 9.17) is 15.2 Å². The first kappa shape index (κ1) is 29.4. The van der Waals surface area contributed by atoms with Gasteiger partial charge in [0.05, 0.1) is 24.0 Å². The maximum atomic E-state index is 12.7. The Balaban J connectivity index is 1.35. The third-order valence-corrected chi connectivity index (χ3v) is 7.30. The van der Waals surface area contributed by atoms with Crippen LogP contribution < -0.4 is 25.2 Å². The molecule has 214 valence electrons. The van der Waals surface area contributed by atoms with E-state index in [0.717, 1.165) is 55.1 Å². The third-order valence-electron chi connectivity index (χ3n) is 6.74. The minimum absolute atomic E-state index is 0.00854. The fraction of sp³-hybridized carbons (Fsp3) is 0.367. The number of aliphatic hydroxyl groups is 1. The molecule has 1 atom stereocenters. The Morgan fingerprint density at radius 1 is 1.00 bits per heavy atom. The number of nitrogens with one attached hydrogen (secondary N) is 2. The lowest BCUT2D eigenvalue weighted by atomic mass is 9.97. The molecule has 4 rings (SSSR count). The van der Waals surface area contributed by atoms with Crippen LogP contribution in [-0.4, -0.2) is 51.5 Å². The number of nitrogens with two attached hydrogens (primary N) is 1. The van der Waals surface area contributed by atoms with Gasteiger partial charge in [0, 0.05) is 18.8 Å². The van der Waals surface area contributed by atoms with Gasteiger partial charge in [0.25, 0.3) is 5.91 Å². The van der Waals surface area contributed by atoms with Crippen LogP contribution >= 0.6 is 0 Å². The minimum atomic E-state index is -3.71. The average molecular weight is 568 g/mol. The molecule has 0 unspecified atom stereocenters. The molecule has 1 aliphatic rings. The van der Waals surface area contributed by atoms with Gasteiger partial charge in [-0.15, -0.1) is 0 Å². The summed E-state index contributed by atoms with van der Waals surface area (Å²) in [5.74, 6) is 0.365. The molecule has 0 spiro atoms. The van der Waals surface area contributed by atoms with E-state index in [9.17, 15) is 18.3 Å². The zero-order chi connectivity index (χ0) is 28.5. The molecule has 1 fully saturated rings. The van der Waals surface area contributed by atoms with E-state index in [1.807, 2.05) is 41.1 Å². The Labute approximate surface area is 235 Å². The van der Waals surface area contributed by atoms with Gasteiger partial charge in [0.1, 0.15) is 18.1 Å². The number of hydrogen-bond acceptors (Lipinski definition) is 8. The first-order valence-corrected chi connectivity index (χ1v) is 15.4. The lowest BCUT2D eigenvalue weighted by molar-refractivity contribution is 0.0969. The van der Waals surface area contributed by atoms with E-state index >= 15 is 0 Å². The zero-order valence-electron chi connectivity index (χ0n) is 22.6. The number of carbonyl (C=O) groups is 1. The second-order valence-corrected chi connectivity index (χ2v) is 11.8. The Morgan fingerprint density at radius 3 is 2.35 bits per heavy atom. The molecular formula is C30H37N3O6S. The first-order chi connectivity index (χ1) is 19.2. The van der Waals surface area contributed by atoms with E-state index < -0.39 is 22.0 Å². The Kier molecular flexibility index (Phi) is 10.0. The summed E-state index contributed by atoms with van der Waals surface area (Å²) in [6, 6.07) is 19.9. The number of rotatable bonds is 12. The van der Waals surface area contributed by atoms with Gasteiger partial charge >= 0.3 is 0 Å². The van der Waals surface area contributed by atoms with E-state index in [0.29, 0.717) is 36.9 Å². The highest BCUT2D eigenvalue weighted by Gasteiger charge is 2.21. The van der Waals surface area contributed by atoms with Crippen molar-refractivity contribution < 1.29 is 27.8 Å². The second-order valence-electron chi connectivity index (χ2n) is 10.1. The highest BCUT2D eigenvalue weighted by atomic mass is 32.2. The van der Waals surface area contributed by atoms with Crippen molar-refractivity contribution in [2.24, 2.45) is 0 Å². The maximum Gasteiger partial charge on any atom is 0.268 e. The number of carbonyl (C=O) groups excluding carboxylic acids is 1. The van der Waals surface area contributed by atoms with Crippen LogP contribution in [-0.2, 0) is 10.0 Å². The maximum absolute atomic E-state index is 12.7. The largest absolute Gasteiger partial charge is 0.492 e. The Bertz CT molecular complexity index is 1370. The molecule has 0 heterocycles. The summed E-state index contributed by atoms with van der Waals surface area (Å²) < 4.78 is 37.4. The fourth-order valence-electron chi connectivity index (χ4n) is 4.63. The predicted molar refractivity (Wildman–Crippen MR) is 156 cm³/mol. The monoisotopic (exact) mass is 567 g/mol. The van der Waals surface area contributed by atoms with Crippen molar-refractivity contribution >= 4 is 21.6 Å². The van der Waals surface area contributed by atoms with Crippen molar-refractivity contribution in [1.29, 1.82) is 0 Å². The van der Waals surface area contributed by atoms with Gasteiger partial charge < -0.3 is 25.6 Å². The molecule has 0 radical (unpaired) electrons. The lowest BCUT2D eigenvalue weighted by Gasteiger charge is -2.24. The Morgan fingerprint density at radius 2 is 1.68 bits per heavy atom. The fourth-order valence-corrected chi connectivity index (χ4v) is 5.08. The predicted octanol–water partition coefficient (Wildman–Crippen LogP) is 4.04. The van der Waals surface area contributed by atoms with E-state index in [1.54, 1.807) is 30.3 Å². The number of amides is 1. The molecule has 0 aliphatic heterocycles. The average Bonchev–Trinajstić information content (AvgIpc) is 2.93. The van der Waals surface area contributed by atoms with Crippen molar-refractivity contribution in [2.45, 2.75) is 44.3 Å². The van der Waals surface area contributed by atoms with Crippen LogP contribution in [0.25, 0.3) is 11.1 Å². The summed E-state index contributed by atoms with van der Waals surface area (Å²) in [5, 5.41) is 13.5. The smallest absolute Gasteiger partial charge is 0.268 e. The van der Waals surface area contributed by atoms with Crippen molar-refractivity contribution in [2.75, 3.05) is 31.7 Å². The molecular weight excluding hydrogens is 530 g/mol. The van der Waals surface area contributed by atoms with Crippen LogP contribution in [0.2, 0.25) is 0 Å². The quantitative estimate of drug-likeness (QED) is 0.190. The number of anilines is 1. The number of hydrogen-bond donors (Lipinski definition) is 4. The van der Waals surface area contributed by atoms with E-state index in [-0.39, 0.29) is 11.7 Å². The normalized spacial score (nSPS) is 14.8. The molecule has 5 N–H and O–H groups in total. The molecule has 10 heteroatoms. The van der Waals surface area contributed by atoms with Gasteiger partial charge in [-0.05, 0) is 78.8 Å². The van der Waals surface area contributed by atoms with Gasteiger partial charge in [0.2, 0.25) is 10.0 Å². The molecule has 3 aromatic rings. The summed E-state index contributed by atoms with van der Waals surface area (Å²) in [7, 11) is -3.71. The van der Waals surface area contributed by atoms with Crippen LogP contribution in [0.4, 0.5) is 5.69 Å². The molecule has 0 bridgehead atoms. The highest BCUT2D eigenvalue weighted by Crippen LogP contribution is 2.32. The zero-order valence-corrected chi connectivity index (χ0v) is 23.5. The second kappa shape index (κ2) is 13.6. The van der Waals surface area contributed by atoms with E-state index in [2.05, 4.69) is 5.32 Å². The summed E-state index contributed by atoms with van der Waals surface area (Å²) in [6.07, 6.45) is 5.41. The first-order valence-electron chi connectivity index (χ1n) is 13.5. The molecule has 9 nitrogen and oxygen atoms in total. The molecule has 0 saturated heterocycles. The summed E-state index contributed by atoms with van der Waals surface area (Å²) in [5.41, 5.74) is 9.08. The van der Waals surface area contributed by atoms with Crippen LogP contribution in [0.1, 0.15) is 54.1 Å². The number of benzene rings is 3. The lowest BCUT2D eigenvalue weighted by Crippen LogP contribution is -2.30. The van der Waals surface area contributed by atoms with Crippen LogP contribution in [0.15, 0.2) is 66.7 Å². The van der Waals surface area contributed by atoms with Crippen LogP contribution in [0, 0.1) is 0 Å². The molecule has 0 aromatic heterocycles. The van der Waals surface area contributed by atoms with Crippen LogP contribution in [0.3, 0.4) is 0 Å². The van der Waals surface area contributed by atoms with Gasteiger partial charge in [-0.25, -0.2) is 13.1 Å². The SMILES string of the molecule is CS(=O)(=O)NC(=O)c1ccc(-c2ccc(OCCNC[C@H](O)c3ccc(N)cc3)cc2)cc1OC1CCCCC1. The topological polar surface area (TPSA) is 140 Å². The standard InChI is InChI=1S/C30H37N3O6S/c1-40(36,37)33-30(35)27-16-11-23(19-29(27)39-26-5-3-2-4-6-26)21-9-14-25(15-10-21)38-18-17-32-20-28(34)22-7-12-24(31)13-8-22/h7-16,19,26,28,32,34H,2-6,17-18,20,31H2,1H3,(H,33,35)/t28-/m0/s1. The summed E-state index contributed by atoms with van der Waals surface area (Å²) in [4.78, 5) is 12.7. The molecule has 1 aliphatic carbocycles. The Hall–Kier alpha value is -3.60. The van der Waals surface area contributed by atoms with E-state index in [1.165, 1.54) is 0 Å². The van der Waals surface area contributed by atoms with Gasteiger partial charge in [-0.2, -0.15) is 0 Å². The molecule has 40 heavy (non-hydrogen) atoms. The number of ether oxygens (including phenoxy) is 2. The molecule has 1 saturated carbocycles. The highest BCUT2D eigenvalue weighted by molar-refractivity contribution is 7.89. The minimum Gasteiger partial charge on any atom is -0.492 e. The number of nitrogen functional groups attached to an aromatic ring is 1. The molecule has 3 aromatic carbocycles. The number of sulfonamides is 1. The number of aliphatic hydroxyl groups excluding tert-OH is 1. The van der Waals surface area contributed by atoms with Gasteiger partial charge in [-0.3, -0.25) is 4.79 Å². The molecule has 1 amide bonds. The van der Waals surface area contributed by atoms with Crippen molar-refractivity contribution in [3.63, 3.8) is 0 Å². The van der Waals surface area contributed by atoms with Gasteiger partial charge in [0.15, 0.2) is 0 Å². The van der Waals surface area contributed by atoms with Crippen LogP contribution in [0.5, 0.6) is 11.5 Å². The third kappa shape index (κ3) is 8.70.